The number of hydrogen-bond acceptors (Lipinski definition) is 3. The molecule has 4 nitrogen and oxygen atoms in total. The third-order valence-corrected chi connectivity index (χ3v) is 3.59. The van der Waals surface area contributed by atoms with Crippen LogP contribution in [0, 0.1) is 6.92 Å². The fraction of sp³-hybridized carbons (Fsp3) is 0.143. The molecule has 0 atom stereocenters. The molecular formula is C14H13NO3S. The zero-order valence-electron chi connectivity index (χ0n) is 10.4. The second-order valence-corrected chi connectivity index (χ2v) is 5.35. The van der Waals surface area contributed by atoms with E-state index in [0.29, 0.717) is 6.54 Å². The second-order valence-electron chi connectivity index (χ2n) is 4.15. The highest BCUT2D eigenvalue weighted by atomic mass is 32.1. The van der Waals surface area contributed by atoms with Crippen molar-refractivity contribution in [2.75, 3.05) is 0 Å². The summed E-state index contributed by atoms with van der Waals surface area (Å²) < 4.78 is 1.63. The molecule has 2 heterocycles. The Morgan fingerprint density at radius 1 is 1.42 bits per heavy atom. The number of aliphatic carboxylic acids is 1. The highest BCUT2D eigenvalue weighted by Gasteiger charge is 2.01. The van der Waals surface area contributed by atoms with Gasteiger partial charge in [0.15, 0.2) is 0 Å². The minimum absolute atomic E-state index is 0.0315. The Bertz CT molecular complexity index is 682. The van der Waals surface area contributed by atoms with Crippen molar-refractivity contribution in [1.29, 1.82) is 0 Å². The average molecular weight is 275 g/mol. The maximum absolute atomic E-state index is 11.7. The van der Waals surface area contributed by atoms with E-state index in [9.17, 15) is 9.59 Å². The number of rotatable bonds is 4. The monoisotopic (exact) mass is 275 g/mol. The van der Waals surface area contributed by atoms with Gasteiger partial charge in [-0.1, -0.05) is 0 Å². The first-order valence-corrected chi connectivity index (χ1v) is 6.53. The molecule has 0 amide bonds. The summed E-state index contributed by atoms with van der Waals surface area (Å²) in [6, 6.07) is 7.23. The van der Waals surface area contributed by atoms with Crippen molar-refractivity contribution >= 4 is 23.4 Å². The van der Waals surface area contributed by atoms with E-state index in [2.05, 4.69) is 0 Å². The molecule has 0 aliphatic rings. The highest BCUT2D eigenvalue weighted by Crippen LogP contribution is 2.18. The standard InChI is InChI=1S/C14H13NO3S/c1-10-6-7-15(13(16)8-10)9-12-3-2-11(19-12)4-5-14(17)18/h2-8H,9H2,1H3,(H,17,18). The summed E-state index contributed by atoms with van der Waals surface area (Å²) >= 11 is 1.47. The van der Waals surface area contributed by atoms with Crippen LogP contribution in [0.4, 0.5) is 0 Å². The lowest BCUT2D eigenvalue weighted by atomic mass is 10.3. The number of hydrogen-bond donors (Lipinski definition) is 1. The molecule has 0 aliphatic heterocycles. The van der Waals surface area contributed by atoms with Crippen LogP contribution in [0.1, 0.15) is 15.3 Å². The van der Waals surface area contributed by atoms with Gasteiger partial charge in [0, 0.05) is 28.1 Å². The molecule has 19 heavy (non-hydrogen) atoms. The molecule has 2 aromatic rings. The van der Waals surface area contributed by atoms with E-state index in [1.54, 1.807) is 22.9 Å². The van der Waals surface area contributed by atoms with Gasteiger partial charge in [0.2, 0.25) is 0 Å². The Morgan fingerprint density at radius 2 is 2.21 bits per heavy atom. The molecule has 0 radical (unpaired) electrons. The normalized spacial score (nSPS) is 11.0. The number of pyridine rings is 1. The van der Waals surface area contributed by atoms with Crippen molar-refractivity contribution in [2.24, 2.45) is 0 Å². The Hall–Kier alpha value is -2.14. The minimum Gasteiger partial charge on any atom is -0.478 e. The first-order valence-electron chi connectivity index (χ1n) is 5.71. The van der Waals surface area contributed by atoms with Crippen molar-refractivity contribution in [3.63, 3.8) is 0 Å². The lowest BCUT2D eigenvalue weighted by Gasteiger charge is -2.03. The Balaban J connectivity index is 2.16. The molecule has 98 valence electrons. The van der Waals surface area contributed by atoms with Crippen molar-refractivity contribution in [3.05, 3.63) is 62.2 Å². The molecular weight excluding hydrogens is 262 g/mol. The molecule has 2 aromatic heterocycles. The van der Waals surface area contributed by atoms with E-state index in [1.165, 1.54) is 11.3 Å². The highest BCUT2D eigenvalue weighted by molar-refractivity contribution is 7.12. The van der Waals surface area contributed by atoms with E-state index >= 15 is 0 Å². The number of carbonyl (C=O) groups is 1. The third kappa shape index (κ3) is 3.66. The van der Waals surface area contributed by atoms with E-state index in [1.807, 2.05) is 25.1 Å². The van der Waals surface area contributed by atoms with Crippen LogP contribution in [-0.4, -0.2) is 15.6 Å². The molecule has 5 heteroatoms. The zero-order valence-corrected chi connectivity index (χ0v) is 11.2. The largest absolute Gasteiger partial charge is 0.478 e. The molecule has 0 unspecified atom stereocenters. The fourth-order valence-corrected chi connectivity index (χ4v) is 2.54. The van der Waals surface area contributed by atoms with Crippen LogP contribution >= 0.6 is 11.3 Å². The van der Waals surface area contributed by atoms with Crippen LogP contribution in [0.15, 0.2) is 41.3 Å². The maximum Gasteiger partial charge on any atom is 0.328 e. The van der Waals surface area contributed by atoms with Crippen LogP contribution in [0.2, 0.25) is 0 Å². The van der Waals surface area contributed by atoms with Crippen molar-refractivity contribution in [2.45, 2.75) is 13.5 Å². The van der Waals surface area contributed by atoms with E-state index in [0.717, 1.165) is 21.4 Å². The van der Waals surface area contributed by atoms with Crippen LogP contribution in [0.25, 0.3) is 6.08 Å². The molecule has 0 aliphatic carbocycles. The van der Waals surface area contributed by atoms with Crippen LogP contribution in [0.5, 0.6) is 0 Å². The molecule has 0 saturated carbocycles. The lowest BCUT2D eigenvalue weighted by molar-refractivity contribution is -0.131. The Morgan fingerprint density at radius 3 is 2.89 bits per heavy atom. The number of thiophene rings is 1. The Labute approximate surface area is 114 Å². The topological polar surface area (TPSA) is 59.3 Å². The van der Waals surface area contributed by atoms with Gasteiger partial charge in [-0.05, 0) is 36.8 Å². The third-order valence-electron chi connectivity index (χ3n) is 2.55. The molecule has 2 rings (SSSR count). The van der Waals surface area contributed by atoms with Gasteiger partial charge in [0.1, 0.15) is 0 Å². The molecule has 0 fully saturated rings. The zero-order chi connectivity index (χ0) is 13.8. The van der Waals surface area contributed by atoms with E-state index in [4.69, 9.17) is 5.11 Å². The van der Waals surface area contributed by atoms with Crippen LogP contribution in [0.3, 0.4) is 0 Å². The number of carboxylic acids is 1. The van der Waals surface area contributed by atoms with Gasteiger partial charge in [0.05, 0.1) is 6.54 Å². The van der Waals surface area contributed by atoms with Gasteiger partial charge >= 0.3 is 5.97 Å². The fourth-order valence-electron chi connectivity index (χ4n) is 1.63. The molecule has 0 spiro atoms. The SMILES string of the molecule is Cc1ccn(Cc2ccc(C=CC(=O)O)s2)c(=O)c1. The first-order chi connectivity index (χ1) is 9.04. The maximum atomic E-state index is 11.7. The Kier molecular flexibility index (Phi) is 3.97. The van der Waals surface area contributed by atoms with Gasteiger partial charge < -0.3 is 9.67 Å². The summed E-state index contributed by atoms with van der Waals surface area (Å²) in [7, 11) is 0. The quantitative estimate of drug-likeness (QED) is 0.871. The molecule has 0 bridgehead atoms. The first kappa shape index (κ1) is 13.3. The summed E-state index contributed by atoms with van der Waals surface area (Å²) in [4.78, 5) is 24.0. The average Bonchev–Trinajstić information content (AvgIpc) is 2.78. The molecule has 0 aromatic carbocycles. The minimum atomic E-state index is -0.968. The summed E-state index contributed by atoms with van der Waals surface area (Å²) in [5, 5.41) is 8.55. The number of aromatic nitrogens is 1. The number of carboxylic acid groups (broad SMARTS) is 1. The van der Waals surface area contributed by atoms with Crippen LogP contribution in [-0.2, 0) is 11.3 Å². The van der Waals surface area contributed by atoms with Gasteiger partial charge in [-0.25, -0.2) is 4.79 Å². The summed E-state index contributed by atoms with van der Waals surface area (Å²) in [6.07, 6.45) is 4.42. The van der Waals surface area contributed by atoms with Crippen LogP contribution < -0.4 is 5.56 Å². The van der Waals surface area contributed by atoms with Crippen molar-refractivity contribution < 1.29 is 9.90 Å². The predicted octanol–water partition coefficient (Wildman–Crippen LogP) is 2.36. The van der Waals surface area contributed by atoms with Gasteiger partial charge in [-0.15, -0.1) is 11.3 Å². The molecule has 1 N–H and O–H groups in total. The second kappa shape index (κ2) is 5.67. The van der Waals surface area contributed by atoms with Gasteiger partial charge in [-0.3, -0.25) is 4.79 Å². The van der Waals surface area contributed by atoms with Gasteiger partial charge in [0.25, 0.3) is 5.56 Å². The van der Waals surface area contributed by atoms with Crippen molar-refractivity contribution in [1.82, 2.24) is 4.57 Å². The molecule has 0 saturated heterocycles. The van der Waals surface area contributed by atoms with E-state index in [-0.39, 0.29) is 5.56 Å². The predicted molar refractivity (Wildman–Crippen MR) is 75.5 cm³/mol. The summed E-state index contributed by atoms with van der Waals surface area (Å²) in [5.74, 6) is -0.968. The van der Waals surface area contributed by atoms with Crippen molar-refractivity contribution in [3.8, 4) is 0 Å². The smallest absolute Gasteiger partial charge is 0.328 e. The summed E-state index contributed by atoms with van der Waals surface area (Å²) in [6.45, 7) is 2.39. The summed E-state index contributed by atoms with van der Waals surface area (Å²) in [5.41, 5.74) is 0.911. The van der Waals surface area contributed by atoms with Gasteiger partial charge in [-0.2, -0.15) is 0 Å². The number of aryl methyl sites for hydroxylation is 1. The number of nitrogens with zero attached hydrogens (tertiary/aromatic N) is 1. The van der Waals surface area contributed by atoms with E-state index < -0.39 is 5.97 Å². The lowest BCUT2D eigenvalue weighted by Crippen LogP contribution is -2.18.